The molecule has 2 rings (SSSR count). The molecular weight excluding hydrogens is 236 g/mol. The van der Waals surface area contributed by atoms with Crippen LogP contribution in [0.3, 0.4) is 0 Å². The maximum absolute atomic E-state index is 12.0. The fourth-order valence-electron chi connectivity index (χ4n) is 1.80. The summed E-state index contributed by atoms with van der Waals surface area (Å²) in [6.45, 7) is 2.99. The quantitative estimate of drug-likeness (QED) is 0.823. The van der Waals surface area contributed by atoms with Crippen molar-refractivity contribution in [1.82, 2.24) is 10.3 Å². The molecule has 2 N–H and O–H groups in total. The Morgan fingerprint density at radius 1 is 1.56 bits per heavy atom. The summed E-state index contributed by atoms with van der Waals surface area (Å²) in [6.07, 6.45) is 2.06. The molecule has 1 aliphatic rings. The van der Waals surface area contributed by atoms with E-state index in [1.807, 2.05) is 6.92 Å². The maximum atomic E-state index is 12.0. The highest BCUT2D eigenvalue weighted by atomic mass is 16.5. The second-order valence-corrected chi connectivity index (χ2v) is 4.55. The summed E-state index contributed by atoms with van der Waals surface area (Å²) in [7, 11) is 0. The third-order valence-corrected chi connectivity index (χ3v) is 2.88. The van der Waals surface area contributed by atoms with E-state index in [0.29, 0.717) is 13.2 Å². The van der Waals surface area contributed by atoms with Crippen molar-refractivity contribution in [2.75, 3.05) is 13.2 Å². The molecule has 0 radical (unpaired) electrons. The monoisotopic (exact) mass is 250 g/mol. The lowest BCUT2D eigenvalue weighted by Crippen LogP contribution is -2.46. The molecule has 1 atom stereocenters. The molecule has 1 saturated heterocycles. The minimum Gasteiger partial charge on any atom is -0.477 e. The lowest BCUT2D eigenvalue weighted by molar-refractivity contribution is 0.0690. The van der Waals surface area contributed by atoms with Crippen molar-refractivity contribution in [3.8, 4) is 0 Å². The summed E-state index contributed by atoms with van der Waals surface area (Å²) in [5, 5.41) is 11.7. The Kier molecular flexibility index (Phi) is 3.29. The molecule has 0 bridgehead atoms. The van der Waals surface area contributed by atoms with Gasteiger partial charge in [0, 0.05) is 18.4 Å². The van der Waals surface area contributed by atoms with E-state index in [1.165, 1.54) is 18.3 Å². The first kappa shape index (κ1) is 12.5. The zero-order chi connectivity index (χ0) is 13.2. The average Bonchev–Trinajstić information content (AvgIpc) is 2.76. The van der Waals surface area contributed by atoms with Gasteiger partial charge in [-0.05, 0) is 25.5 Å². The van der Waals surface area contributed by atoms with Gasteiger partial charge in [0.1, 0.15) is 5.69 Å². The third-order valence-electron chi connectivity index (χ3n) is 2.88. The number of carboxylic acids is 1. The van der Waals surface area contributed by atoms with Gasteiger partial charge in [0.25, 0.3) is 5.91 Å². The molecule has 0 aromatic carbocycles. The predicted molar refractivity (Wildman–Crippen MR) is 62.5 cm³/mol. The summed E-state index contributed by atoms with van der Waals surface area (Å²) in [4.78, 5) is 26.4. The number of aromatic carboxylic acids is 1. The normalized spacial score (nSPS) is 22.7. The number of nitrogens with zero attached hydrogens (tertiary/aromatic N) is 1. The van der Waals surface area contributed by atoms with E-state index in [1.54, 1.807) is 0 Å². The minimum absolute atomic E-state index is 0.143. The Labute approximate surface area is 104 Å². The summed E-state index contributed by atoms with van der Waals surface area (Å²) in [5.74, 6) is -1.46. The van der Waals surface area contributed by atoms with E-state index < -0.39 is 5.97 Å². The van der Waals surface area contributed by atoms with Crippen LogP contribution >= 0.6 is 0 Å². The Morgan fingerprint density at radius 2 is 2.33 bits per heavy atom. The fraction of sp³-hybridized carbons (Fsp3) is 0.417. The maximum Gasteiger partial charge on any atom is 0.354 e. The van der Waals surface area contributed by atoms with Crippen LogP contribution in [0.5, 0.6) is 0 Å². The molecule has 0 spiro atoms. The van der Waals surface area contributed by atoms with E-state index in [-0.39, 0.29) is 22.7 Å². The lowest BCUT2D eigenvalue weighted by atomic mass is 10.0. The van der Waals surface area contributed by atoms with Crippen LogP contribution in [0.25, 0.3) is 0 Å². The molecule has 18 heavy (non-hydrogen) atoms. The number of nitrogens with one attached hydrogen (secondary N) is 1. The molecular formula is C12H14N2O4. The lowest BCUT2D eigenvalue weighted by Gasteiger charge is -2.23. The average molecular weight is 250 g/mol. The van der Waals surface area contributed by atoms with Gasteiger partial charge in [-0.1, -0.05) is 0 Å². The van der Waals surface area contributed by atoms with Crippen LogP contribution in [0.15, 0.2) is 18.3 Å². The number of carboxylic acid groups (broad SMARTS) is 1. The number of amides is 1. The first-order valence-corrected chi connectivity index (χ1v) is 5.60. The Balaban J connectivity index is 2.13. The van der Waals surface area contributed by atoms with E-state index >= 15 is 0 Å². The molecule has 0 aliphatic carbocycles. The summed E-state index contributed by atoms with van der Waals surface area (Å²) < 4.78 is 5.24. The molecule has 1 aliphatic heterocycles. The van der Waals surface area contributed by atoms with Crippen molar-refractivity contribution < 1.29 is 19.4 Å². The number of rotatable bonds is 3. The first-order valence-electron chi connectivity index (χ1n) is 5.60. The van der Waals surface area contributed by atoms with Gasteiger partial charge in [-0.2, -0.15) is 0 Å². The van der Waals surface area contributed by atoms with Crippen LogP contribution in [0.4, 0.5) is 0 Å². The molecule has 96 valence electrons. The molecule has 6 nitrogen and oxygen atoms in total. The number of hydrogen-bond donors (Lipinski definition) is 2. The highest BCUT2D eigenvalue weighted by molar-refractivity contribution is 5.97. The standard InChI is InChI=1S/C12H14N2O4/c1-12(3-5-18-7-12)14-10(15)8-2-4-13-9(6-8)11(16)17/h2,4,6H,3,5,7H2,1H3,(H,14,15)(H,16,17). The van der Waals surface area contributed by atoms with Crippen molar-refractivity contribution in [2.24, 2.45) is 0 Å². The summed E-state index contributed by atoms with van der Waals surface area (Å²) in [6, 6.07) is 2.75. The van der Waals surface area contributed by atoms with Gasteiger partial charge in [-0.15, -0.1) is 0 Å². The van der Waals surface area contributed by atoms with Gasteiger partial charge in [-0.25, -0.2) is 9.78 Å². The number of pyridine rings is 1. The van der Waals surface area contributed by atoms with Gasteiger partial charge >= 0.3 is 5.97 Å². The smallest absolute Gasteiger partial charge is 0.354 e. The van der Waals surface area contributed by atoms with Gasteiger partial charge in [0.2, 0.25) is 0 Å². The molecule has 1 amide bonds. The largest absolute Gasteiger partial charge is 0.477 e. The van der Waals surface area contributed by atoms with Crippen LogP contribution in [0, 0.1) is 0 Å². The number of carbonyl (C=O) groups excluding carboxylic acids is 1. The van der Waals surface area contributed by atoms with Gasteiger partial charge in [-0.3, -0.25) is 4.79 Å². The fourth-order valence-corrected chi connectivity index (χ4v) is 1.80. The highest BCUT2D eigenvalue weighted by Crippen LogP contribution is 2.18. The zero-order valence-corrected chi connectivity index (χ0v) is 9.97. The molecule has 0 saturated carbocycles. The van der Waals surface area contributed by atoms with Gasteiger partial charge in [0.15, 0.2) is 0 Å². The van der Waals surface area contributed by atoms with Crippen LogP contribution in [0.2, 0.25) is 0 Å². The Morgan fingerprint density at radius 3 is 2.94 bits per heavy atom. The topological polar surface area (TPSA) is 88.5 Å². The van der Waals surface area contributed by atoms with E-state index in [2.05, 4.69) is 10.3 Å². The second kappa shape index (κ2) is 4.73. The van der Waals surface area contributed by atoms with Crippen LogP contribution in [-0.2, 0) is 4.74 Å². The van der Waals surface area contributed by atoms with Crippen LogP contribution in [-0.4, -0.2) is 40.7 Å². The molecule has 1 unspecified atom stereocenters. The van der Waals surface area contributed by atoms with E-state index in [0.717, 1.165) is 6.42 Å². The van der Waals surface area contributed by atoms with Crippen molar-refractivity contribution in [1.29, 1.82) is 0 Å². The first-order chi connectivity index (χ1) is 8.50. The number of hydrogen-bond acceptors (Lipinski definition) is 4. The van der Waals surface area contributed by atoms with E-state index in [4.69, 9.17) is 9.84 Å². The minimum atomic E-state index is -1.15. The molecule has 1 fully saturated rings. The van der Waals surface area contributed by atoms with Crippen LogP contribution < -0.4 is 5.32 Å². The molecule has 1 aromatic heterocycles. The summed E-state index contributed by atoms with van der Waals surface area (Å²) >= 11 is 0. The van der Waals surface area contributed by atoms with Crippen molar-refractivity contribution in [2.45, 2.75) is 18.9 Å². The third kappa shape index (κ3) is 2.65. The Bertz CT molecular complexity index is 481. The number of ether oxygens (including phenoxy) is 1. The summed E-state index contributed by atoms with van der Waals surface area (Å²) in [5.41, 5.74) is -0.241. The van der Waals surface area contributed by atoms with Crippen molar-refractivity contribution in [3.63, 3.8) is 0 Å². The van der Waals surface area contributed by atoms with Crippen molar-refractivity contribution in [3.05, 3.63) is 29.6 Å². The van der Waals surface area contributed by atoms with Crippen LogP contribution in [0.1, 0.15) is 34.2 Å². The highest BCUT2D eigenvalue weighted by Gasteiger charge is 2.31. The zero-order valence-electron chi connectivity index (χ0n) is 9.97. The number of carbonyl (C=O) groups is 2. The van der Waals surface area contributed by atoms with Crippen molar-refractivity contribution >= 4 is 11.9 Å². The predicted octanol–water partition coefficient (Wildman–Crippen LogP) is 0.689. The SMILES string of the molecule is CC1(NC(=O)c2ccnc(C(=O)O)c2)CCOC1. The molecule has 6 heteroatoms. The molecule has 2 heterocycles. The van der Waals surface area contributed by atoms with E-state index in [9.17, 15) is 9.59 Å². The second-order valence-electron chi connectivity index (χ2n) is 4.55. The molecule has 1 aromatic rings. The number of aromatic nitrogens is 1. The van der Waals surface area contributed by atoms with Gasteiger partial charge in [0.05, 0.1) is 12.1 Å². The Hall–Kier alpha value is -1.95. The van der Waals surface area contributed by atoms with Gasteiger partial charge < -0.3 is 15.2 Å².